The topological polar surface area (TPSA) is 51.2 Å². The van der Waals surface area contributed by atoms with Crippen molar-refractivity contribution in [2.75, 3.05) is 0 Å². The Bertz CT molecular complexity index is 1050. The van der Waals surface area contributed by atoms with Crippen molar-refractivity contribution in [1.82, 2.24) is 0 Å². The molecule has 3 unspecified atom stereocenters. The molecule has 0 aliphatic heterocycles. The Morgan fingerprint density at radius 1 is 1.00 bits per heavy atom. The van der Waals surface area contributed by atoms with Gasteiger partial charge in [0.15, 0.2) is 5.78 Å². The quantitative estimate of drug-likeness (QED) is 0.287. The van der Waals surface area contributed by atoms with Crippen LogP contribution in [0.25, 0.3) is 11.1 Å². The number of Topliss-reactive ketones (excluding diaryl/α,β-unsaturated/α-hetero) is 3. The maximum absolute atomic E-state index is 13.5. The molecule has 1 aliphatic carbocycles. The highest BCUT2D eigenvalue weighted by atomic mass is 16.1. The average Bonchev–Trinajstić information content (AvgIpc) is 2.85. The van der Waals surface area contributed by atoms with E-state index in [1.54, 1.807) is 0 Å². The van der Waals surface area contributed by atoms with E-state index in [0.717, 1.165) is 55.2 Å². The SMILES string of the molecule is CCC.CCCC(CC1CC(=O)c2c(C)c(CC)cc(-c3ccccc3)c2C1)C(CC)C(=O)CC(C)=O. The molecule has 0 N–H and O–H groups in total. The first kappa shape index (κ1) is 30.7. The summed E-state index contributed by atoms with van der Waals surface area (Å²) >= 11 is 0. The Balaban J connectivity index is 0.00000153. The molecular formula is C34H48O3. The molecule has 0 bridgehead atoms. The van der Waals surface area contributed by atoms with E-state index < -0.39 is 0 Å². The molecule has 0 heterocycles. The third-order valence-electron chi connectivity index (χ3n) is 7.65. The van der Waals surface area contributed by atoms with Gasteiger partial charge in [-0.3, -0.25) is 14.4 Å². The van der Waals surface area contributed by atoms with Crippen LogP contribution in [-0.4, -0.2) is 17.3 Å². The lowest BCUT2D eigenvalue weighted by molar-refractivity contribution is -0.129. The lowest BCUT2D eigenvalue weighted by Gasteiger charge is -2.33. The lowest BCUT2D eigenvalue weighted by atomic mass is 9.70. The van der Waals surface area contributed by atoms with Crippen LogP contribution in [0.15, 0.2) is 36.4 Å². The Morgan fingerprint density at radius 2 is 1.65 bits per heavy atom. The Morgan fingerprint density at radius 3 is 2.19 bits per heavy atom. The molecule has 0 fully saturated rings. The molecule has 3 heteroatoms. The number of benzene rings is 2. The fraction of sp³-hybridized carbons (Fsp3) is 0.559. The summed E-state index contributed by atoms with van der Waals surface area (Å²) in [5.41, 5.74) is 6.84. The van der Waals surface area contributed by atoms with Gasteiger partial charge in [0, 0.05) is 17.9 Å². The predicted molar refractivity (Wildman–Crippen MR) is 155 cm³/mol. The highest BCUT2D eigenvalue weighted by molar-refractivity contribution is 6.02. The molecule has 1 aliphatic rings. The molecular weight excluding hydrogens is 456 g/mol. The normalized spacial score (nSPS) is 16.3. The lowest BCUT2D eigenvalue weighted by Crippen LogP contribution is -2.30. The molecule has 2 aromatic carbocycles. The van der Waals surface area contributed by atoms with Crippen molar-refractivity contribution in [3.8, 4) is 11.1 Å². The average molecular weight is 505 g/mol. The zero-order chi connectivity index (χ0) is 27.5. The third-order valence-corrected chi connectivity index (χ3v) is 7.65. The second kappa shape index (κ2) is 15.0. The Hall–Kier alpha value is -2.55. The summed E-state index contributed by atoms with van der Waals surface area (Å²) in [7, 11) is 0. The van der Waals surface area contributed by atoms with Gasteiger partial charge in [-0.05, 0) is 79.2 Å². The molecule has 202 valence electrons. The van der Waals surface area contributed by atoms with Crippen LogP contribution in [0.1, 0.15) is 114 Å². The van der Waals surface area contributed by atoms with Gasteiger partial charge in [-0.1, -0.05) is 90.3 Å². The molecule has 2 aromatic rings. The molecule has 0 saturated heterocycles. The summed E-state index contributed by atoms with van der Waals surface area (Å²) in [5, 5.41) is 0. The van der Waals surface area contributed by atoms with Gasteiger partial charge in [0.25, 0.3) is 0 Å². The van der Waals surface area contributed by atoms with Crippen LogP contribution in [0.3, 0.4) is 0 Å². The van der Waals surface area contributed by atoms with Gasteiger partial charge >= 0.3 is 0 Å². The van der Waals surface area contributed by atoms with Gasteiger partial charge in [0.2, 0.25) is 0 Å². The monoisotopic (exact) mass is 504 g/mol. The minimum absolute atomic E-state index is 0.0301. The van der Waals surface area contributed by atoms with Crippen molar-refractivity contribution in [2.24, 2.45) is 17.8 Å². The maximum atomic E-state index is 13.5. The number of fused-ring (bicyclic) bond motifs is 1. The molecule has 0 spiro atoms. The van der Waals surface area contributed by atoms with E-state index in [1.807, 2.05) is 6.07 Å². The molecule has 37 heavy (non-hydrogen) atoms. The molecule has 0 saturated carbocycles. The second-order valence-electron chi connectivity index (χ2n) is 10.8. The highest BCUT2D eigenvalue weighted by Gasteiger charge is 2.34. The zero-order valence-electron chi connectivity index (χ0n) is 24.3. The Kier molecular flexibility index (Phi) is 12.4. The number of ketones is 3. The molecule has 3 nitrogen and oxygen atoms in total. The number of carbonyl (C=O) groups is 3. The minimum Gasteiger partial charge on any atom is -0.300 e. The first-order valence-electron chi connectivity index (χ1n) is 14.5. The first-order chi connectivity index (χ1) is 17.7. The van der Waals surface area contributed by atoms with Gasteiger partial charge in [-0.15, -0.1) is 0 Å². The van der Waals surface area contributed by atoms with E-state index in [1.165, 1.54) is 30.0 Å². The van der Waals surface area contributed by atoms with Crippen LogP contribution in [0.4, 0.5) is 0 Å². The van der Waals surface area contributed by atoms with Crippen LogP contribution in [-0.2, 0) is 22.4 Å². The summed E-state index contributed by atoms with van der Waals surface area (Å²) in [6.07, 6.45) is 7.18. The Labute approximate surface area is 225 Å². The van der Waals surface area contributed by atoms with Crippen LogP contribution < -0.4 is 0 Å². The van der Waals surface area contributed by atoms with Crippen LogP contribution >= 0.6 is 0 Å². The van der Waals surface area contributed by atoms with Crippen molar-refractivity contribution >= 4 is 17.3 Å². The highest BCUT2D eigenvalue weighted by Crippen LogP contribution is 2.41. The van der Waals surface area contributed by atoms with Crippen molar-refractivity contribution in [1.29, 1.82) is 0 Å². The number of carbonyl (C=O) groups excluding carboxylic acids is 3. The molecule has 0 amide bonds. The third kappa shape index (κ3) is 7.97. The standard InChI is InChI=1S/C31H40O3.C3H8/c1-6-12-25(26(8-3)29(33)15-20(4)32)16-22-17-28-27(24-13-10-9-11-14-24)19-23(7-2)21(5)31(28)30(34)18-22;1-3-2/h9-11,13-14,19,22,25-26H,6-8,12,15-18H2,1-5H3;3H2,1-2H3. The summed E-state index contributed by atoms with van der Waals surface area (Å²) in [6.45, 7) is 14.2. The van der Waals surface area contributed by atoms with Gasteiger partial charge in [0.05, 0.1) is 6.42 Å². The van der Waals surface area contributed by atoms with E-state index >= 15 is 0 Å². The molecule has 0 radical (unpaired) electrons. The van der Waals surface area contributed by atoms with Gasteiger partial charge in [-0.2, -0.15) is 0 Å². The van der Waals surface area contributed by atoms with E-state index in [-0.39, 0.29) is 41.5 Å². The zero-order valence-corrected chi connectivity index (χ0v) is 24.3. The number of hydrogen-bond donors (Lipinski definition) is 0. The molecule has 0 aromatic heterocycles. The van der Waals surface area contributed by atoms with E-state index in [2.05, 4.69) is 71.9 Å². The summed E-state index contributed by atoms with van der Waals surface area (Å²) in [6, 6.07) is 12.7. The van der Waals surface area contributed by atoms with Gasteiger partial charge in [0.1, 0.15) is 11.6 Å². The summed E-state index contributed by atoms with van der Waals surface area (Å²) < 4.78 is 0. The minimum atomic E-state index is -0.0989. The summed E-state index contributed by atoms with van der Waals surface area (Å²) in [4.78, 5) is 38.0. The fourth-order valence-electron chi connectivity index (χ4n) is 6.10. The fourth-order valence-corrected chi connectivity index (χ4v) is 6.10. The molecule has 3 rings (SSSR count). The van der Waals surface area contributed by atoms with Crippen LogP contribution in [0.5, 0.6) is 0 Å². The van der Waals surface area contributed by atoms with Gasteiger partial charge in [-0.25, -0.2) is 0 Å². The second-order valence-corrected chi connectivity index (χ2v) is 10.8. The number of aryl methyl sites for hydroxylation is 1. The molecule has 3 atom stereocenters. The summed E-state index contributed by atoms with van der Waals surface area (Å²) in [5.74, 6) is 0.606. The van der Waals surface area contributed by atoms with Crippen molar-refractivity contribution < 1.29 is 14.4 Å². The predicted octanol–water partition coefficient (Wildman–Crippen LogP) is 8.77. The van der Waals surface area contributed by atoms with Crippen LogP contribution in [0.2, 0.25) is 0 Å². The number of rotatable bonds is 11. The van der Waals surface area contributed by atoms with Crippen molar-refractivity contribution in [3.05, 3.63) is 58.7 Å². The van der Waals surface area contributed by atoms with E-state index in [0.29, 0.717) is 6.42 Å². The van der Waals surface area contributed by atoms with Crippen molar-refractivity contribution in [2.45, 2.75) is 106 Å². The maximum Gasteiger partial charge on any atom is 0.163 e. The van der Waals surface area contributed by atoms with Crippen molar-refractivity contribution in [3.63, 3.8) is 0 Å². The largest absolute Gasteiger partial charge is 0.300 e. The number of hydrogen-bond acceptors (Lipinski definition) is 3. The first-order valence-corrected chi connectivity index (χ1v) is 14.5. The smallest absolute Gasteiger partial charge is 0.163 e. The van der Waals surface area contributed by atoms with Gasteiger partial charge < -0.3 is 0 Å². The van der Waals surface area contributed by atoms with E-state index in [4.69, 9.17) is 0 Å². The van der Waals surface area contributed by atoms with E-state index in [9.17, 15) is 14.4 Å². The van der Waals surface area contributed by atoms with Crippen LogP contribution in [0, 0.1) is 24.7 Å².